The van der Waals surface area contributed by atoms with Gasteiger partial charge in [0.2, 0.25) is 0 Å². The van der Waals surface area contributed by atoms with Crippen molar-refractivity contribution in [3.8, 4) is 11.5 Å². The zero-order valence-electron chi connectivity index (χ0n) is 23.1. The van der Waals surface area contributed by atoms with Gasteiger partial charge in [0.1, 0.15) is 11.5 Å². The van der Waals surface area contributed by atoms with Gasteiger partial charge >= 0.3 is 24.2 Å². The van der Waals surface area contributed by atoms with Crippen LogP contribution in [0.3, 0.4) is 0 Å². The summed E-state index contributed by atoms with van der Waals surface area (Å²) >= 11 is 0. The Bertz CT molecular complexity index is 1630. The number of hydrogen-bond acceptors (Lipinski definition) is 12. The summed E-state index contributed by atoms with van der Waals surface area (Å²) in [5.41, 5.74) is -0.939. The molecule has 0 radical (unpaired) electrons. The number of ether oxygens (including phenoxy) is 4. The summed E-state index contributed by atoms with van der Waals surface area (Å²) in [5.74, 6) is -4.03. The standard InChI is InChI=1S/C32H22O12/c1-39-31(37)41-25-17-9-7-15-23(25)27(33)19-11-3-5-13-21(19)29(35)43-44-30(36)22-14-6-4-12-20(22)28(34)24-16-8-10-18-26(24)42-32(38)40-2/h3-18H,1-2H3. The lowest BCUT2D eigenvalue weighted by molar-refractivity contribution is -0.187. The predicted octanol–water partition coefficient (Wildman–Crippen LogP) is 5.37. The van der Waals surface area contributed by atoms with E-state index in [9.17, 15) is 28.8 Å². The van der Waals surface area contributed by atoms with Gasteiger partial charge in [0.05, 0.1) is 36.5 Å². The molecule has 12 heteroatoms. The first kappa shape index (κ1) is 30.7. The summed E-state index contributed by atoms with van der Waals surface area (Å²) in [6, 6.07) is 22.7. The molecule has 12 nitrogen and oxygen atoms in total. The number of methoxy groups -OCH3 is 2. The normalized spacial score (nSPS) is 10.1. The molecular weight excluding hydrogens is 576 g/mol. The van der Waals surface area contributed by atoms with Crippen LogP contribution >= 0.6 is 0 Å². The third-order valence-electron chi connectivity index (χ3n) is 5.96. The summed E-state index contributed by atoms with van der Waals surface area (Å²) in [7, 11) is 2.21. The predicted molar refractivity (Wildman–Crippen MR) is 150 cm³/mol. The Labute approximate surface area is 249 Å². The number of rotatable bonds is 8. The fourth-order valence-corrected chi connectivity index (χ4v) is 3.92. The lowest BCUT2D eigenvalue weighted by atomic mass is 9.97. The molecule has 0 bridgehead atoms. The van der Waals surface area contributed by atoms with Gasteiger partial charge in [0, 0.05) is 11.1 Å². The molecule has 0 unspecified atom stereocenters. The average Bonchev–Trinajstić information content (AvgIpc) is 3.06. The van der Waals surface area contributed by atoms with Crippen molar-refractivity contribution in [1.82, 2.24) is 0 Å². The maximum absolute atomic E-state index is 13.4. The van der Waals surface area contributed by atoms with E-state index in [0.29, 0.717) is 0 Å². The highest BCUT2D eigenvalue weighted by Gasteiger charge is 2.26. The quantitative estimate of drug-likeness (QED) is 0.0841. The van der Waals surface area contributed by atoms with Crippen LogP contribution in [-0.2, 0) is 19.2 Å². The van der Waals surface area contributed by atoms with E-state index in [0.717, 1.165) is 14.2 Å². The van der Waals surface area contributed by atoms with Crippen molar-refractivity contribution in [1.29, 1.82) is 0 Å². The van der Waals surface area contributed by atoms with Crippen molar-refractivity contribution in [3.05, 3.63) is 130 Å². The van der Waals surface area contributed by atoms with Gasteiger partial charge < -0.3 is 18.9 Å². The Balaban J connectivity index is 1.55. The number of carbonyl (C=O) groups excluding carboxylic acids is 6. The van der Waals surface area contributed by atoms with Gasteiger partial charge in [-0.3, -0.25) is 9.59 Å². The molecule has 4 aromatic carbocycles. The molecule has 0 fully saturated rings. The van der Waals surface area contributed by atoms with Crippen LogP contribution in [0.5, 0.6) is 11.5 Å². The van der Waals surface area contributed by atoms with Crippen molar-refractivity contribution in [3.63, 3.8) is 0 Å². The highest BCUT2D eigenvalue weighted by Crippen LogP contribution is 2.26. The first-order valence-electron chi connectivity index (χ1n) is 12.7. The molecule has 4 aromatic rings. The molecule has 4 rings (SSSR count). The van der Waals surface area contributed by atoms with E-state index in [4.69, 9.17) is 19.2 Å². The van der Waals surface area contributed by atoms with E-state index in [1.54, 1.807) is 0 Å². The third kappa shape index (κ3) is 6.94. The van der Waals surface area contributed by atoms with Crippen LogP contribution in [0.25, 0.3) is 0 Å². The zero-order valence-corrected chi connectivity index (χ0v) is 23.1. The van der Waals surface area contributed by atoms with Crippen molar-refractivity contribution >= 4 is 35.8 Å². The Kier molecular flexibility index (Phi) is 9.79. The molecule has 0 atom stereocenters. The fraction of sp³-hybridized carbons (Fsp3) is 0.0625. The van der Waals surface area contributed by atoms with E-state index < -0.39 is 35.8 Å². The van der Waals surface area contributed by atoms with E-state index in [1.165, 1.54) is 97.1 Å². The van der Waals surface area contributed by atoms with Crippen molar-refractivity contribution in [2.45, 2.75) is 0 Å². The Morgan fingerprint density at radius 2 is 0.705 bits per heavy atom. The molecule has 0 aliphatic rings. The Morgan fingerprint density at radius 3 is 1.05 bits per heavy atom. The highest BCUT2D eigenvalue weighted by atomic mass is 17.2. The van der Waals surface area contributed by atoms with Gasteiger partial charge in [-0.15, -0.1) is 0 Å². The van der Waals surface area contributed by atoms with Gasteiger partial charge in [0.25, 0.3) is 0 Å². The Hall–Kier alpha value is -6.30. The van der Waals surface area contributed by atoms with Gasteiger partial charge in [-0.25, -0.2) is 29.0 Å². The fourth-order valence-electron chi connectivity index (χ4n) is 3.92. The number of para-hydroxylation sites is 2. The molecule has 222 valence electrons. The molecular formula is C32H22O12. The number of benzene rings is 4. The van der Waals surface area contributed by atoms with E-state index in [1.807, 2.05) is 0 Å². The summed E-state index contributed by atoms with van der Waals surface area (Å²) < 4.78 is 19.0. The second-order valence-corrected chi connectivity index (χ2v) is 8.60. The SMILES string of the molecule is COC(=O)Oc1ccccc1C(=O)c1ccccc1C(=O)OOC(=O)c1ccccc1C(=O)c1ccccc1OC(=O)OC. The first-order valence-corrected chi connectivity index (χ1v) is 12.7. The van der Waals surface area contributed by atoms with Crippen LogP contribution in [0.4, 0.5) is 9.59 Å². The van der Waals surface area contributed by atoms with Crippen LogP contribution in [0.1, 0.15) is 52.6 Å². The highest BCUT2D eigenvalue weighted by molar-refractivity contribution is 6.17. The minimum atomic E-state index is -1.20. The largest absolute Gasteiger partial charge is 0.513 e. The smallest absolute Gasteiger partial charge is 0.437 e. The molecule has 0 N–H and O–H groups in total. The van der Waals surface area contributed by atoms with Crippen LogP contribution in [0, 0.1) is 0 Å². The lowest BCUT2D eigenvalue weighted by Crippen LogP contribution is -2.18. The first-order chi connectivity index (χ1) is 21.2. The topological polar surface area (TPSA) is 158 Å². The van der Waals surface area contributed by atoms with Crippen molar-refractivity contribution in [2.75, 3.05) is 14.2 Å². The summed E-state index contributed by atoms with van der Waals surface area (Å²) in [4.78, 5) is 85.5. The summed E-state index contributed by atoms with van der Waals surface area (Å²) in [5, 5.41) is 0. The molecule has 0 spiro atoms. The molecule has 0 saturated heterocycles. The maximum Gasteiger partial charge on any atom is 0.513 e. The van der Waals surface area contributed by atoms with Crippen molar-refractivity contribution in [2.24, 2.45) is 0 Å². The summed E-state index contributed by atoms with van der Waals surface area (Å²) in [6.07, 6.45) is -2.11. The van der Waals surface area contributed by atoms with E-state index in [-0.39, 0.29) is 44.9 Å². The van der Waals surface area contributed by atoms with Gasteiger partial charge in [0.15, 0.2) is 11.6 Å². The number of carbonyl (C=O) groups is 6. The number of ketones is 2. The molecule has 0 aromatic heterocycles. The minimum Gasteiger partial charge on any atom is -0.437 e. The van der Waals surface area contributed by atoms with Gasteiger partial charge in [-0.1, -0.05) is 60.7 Å². The molecule has 0 heterocycles. The third-order valence-corrected chi connectivity index (χ3v) is 5.96. The Morgan fingerprint density at radius 1 is 0.409 bits per heavy atom. The lowest BCUT2D eigenvalue weighted by Gasteiger charge is -2.12. The van der Waals surface area contributed by atoms with Crippen LogP contribution < -0.4 is 9.47 Å². The van der Waals surface area contributed by atoms with E-state index >= 15 is 0 Å². The van der Waals surface area contributed by atoms with Crippen LogP contribution in [0.15, 0.2) is 97.1 Å². The van der Waals surface area contributed by atoms with Crippen LogP contribution in [-0.4, -0.2) is 50.0 Å². The molecule has 0 saturated carbocycles. The van der Waals surface area contributed by atoms with Crippen molar-refractivity contribution < 1.29 is 57.5 Å². The minimum absolute atomic E-state index is 0.0564. The molecule has 0 aliphatic heterocycles. The van der Waals surface area contributed by atoms with Crippen LogP contribution in [0.2, 0.25) is 0 Å². The van der Waals surface area contributed by atoms with Gasteiger partial charge in [-0.05, 0) is 36.4 Å². The second kappa shape index (κ2) is 14.0. The number of hydrogen-bond donors (Lipinski definition) is 0. The molecule has 44 heavy (non-hydrogen) atoms. The van der Waals surface area contributed by atoms with E-state index in [2.05, 4.69) is 9.47 Å². The zero-order chi connectivity index (χ0) is 31.6. The average molecular weight is 599 g/mol. The summed E-state index contributed by atoms with van der Waals surface area (Å²) in [6.45, 7) is 0. The van der Waals surface area contributed by atoms with Gasteiger partial charge in [-0.2, -0.15) is 0 Å². The molecule has 0 amide bonds. The second-order valence-electron chi connectivity index (χ2n) is 8.60. The molecule has 0 aliphatic carbocycles. The maximum atomic E-state index is 13.4. The monoisotopic (exact) mass is 598 g/mol.